The van der Waals surface area contributed by atoms with Crippen LogP contribution in [0, 0.1) is 13.8 Å². The second-order valence-electron chi connectivity index (χ2n) is 7.84. The first kappa shape index (κ1) is 18.7. The number of pyridine rings is 2. The van der Waals surface area contributed by atoms with Gasteiger partial charge in [0.15, 0.2) is 0 Å². The Bertz CT molecular complexity index is 1210. The van der Waals surface area contributed by atoms with Gasteiger partial charge >= 0.3 is 0 Å². The number of aromatic nitrogens is 6. The second-order valence-corrected chi connectivity index (χ2v) is 7.84. The van der Waals surface area contributed by atoms with E-state index in [2.05, 4.69) is 52.0 Å². The molecule has 154 valence electrons. The Morgan fingerprint density at radius 1 is 1.20 bits per heavy atom. The van der Waals surface area contributed by atoms with E-state index >= 15 is 0 Å². The van der Waals surface area contributed by atoms with Gasteiger partial charge < -0.3 is 9.64 Å². The minimum atomic E-state index is 0.250. The highest BCUT2D eigenvalue weighted by Gasteiger charge is 2.24. The van der Waals surface area contributed by atoms with Gasteiger partial charge in [-0.05, 0) is 44.5 Å². The summed E-state index contributed by atoms with van der Waals surface area (Å²) >= 11 is 0. The largest absolute Gasteiger partial charge is 0.377 e. The Morgan fingerprint density at radius 2 is 2.07 bits per heavy atom. The standard InChI is InChI=1S/C22H25N7O/c1-13-12-30-10-9-29(13)19-11-17(20-14(2)27-28(4)15(20)3)16-5-7-23-22(21(16)25-19)18-6-8-24-26-18/h5-8,11,13H,9-10,12H2,1-4H3,(H,24,26)/t13-/m1/s1. The maximum atomic E-state index is 5.65. The number of anilines is 1. The molecular formula is C22H25N7O. The Balaban J connectivity index is 1.83. The van der Waals surface area contributed by atoms with Gasteiger partial charge in [0, 0.05) is 42.6 Å². The van der Waals surface area contributed by atoms with E-state index in [0.29, 0.717) is 13.2 Å². The maximum Gasteiger partial charge on any atom is 0.130 e. The average molecular weight is 403 g/mol. The summed E-state index contributed by atoms with van der Waals surface area (Å²) in [6, 6.07) is 6.40. The van der Waals surface area contributed by atoms with Crippen LogP contribution < -0.4 is 4.90 Å². The number of rotatable bonds is 3. The number of H-pyrrole nitrogens is 1. The van der Waals surface area contributed by atoms with E-state index in [0.717, 1.165) is 57.2 Å². The van der Waals surface area contributed by atoms with Crippen LogP contribution in [0.4, 0.5) is 5.82 Å². The highest BCUT2D eigenvalue weighted by Crippen LogP contribution is 2.37. The zero-order valence-corrected chi connectivity index (χ0v) is 17.7. The van der Waals surface area contributed by atoms with E-state index < -0.39 is 0 Å². The van der Waals surface area contributed by atoms with Crippen molar-refractivity contribution in [2.45, 2.75) is 26.8 Å². The van der Waals surface area contributed by atoms with E-state index in [4.69, 9.17) is 9.72 Å². The minimum Gasteiger partial charge on any atom is -0.377 e. The van der Waals surface area contributed by atoms with Crippen LogP contribution >= 0.6 is 0 Å². The lowest BCUT2D eigenvalue weighted by Crippen LogP contribution is -2.44. The van der Waals surface area contributed by atoms with Gasteiger partial charge in [-0.2, -0.15) is 10.2 Å². The number of hydrogen-bond acceptors (Lipinski definition) is 6. The molecule has 4 aromatic rings. The number of fused-ring (bicyclic) bond motifs is 1. The van der Waals surface area contributed by atoms with Gasteiger partial charge in [0.25, 0.3) is 0 Å². The molecule has 0 unspecified atom stereocenters. The number of morpholine rings is 1. The summed E-state index contributed by atoms with van der Waals surface area (Å²) in [4.78, 5) is 12.0. The molecule has 1 aliphatic heterocycles. The normalized spacial score (nSPS) is 17.1. The van der Waals surface area contributed by atoms with Crippen LogP contribution in [-0.4, -0.2) is 55.7 Å². The van der Waals surface area contributed by atoms with Gasteiger partial charge in [0.2, 0.25) is 0 Å². The molecule has 8 nitrogen and oxygen atoms in total. The summed E-state index contributed by atoms with van der Waals surface area (Å²) in [6.07, 6.45) is 3.57. The molecule has 1 aliphatic rings. The summed E-state index contributed by atoms with van der Waals surface area (Å²) in [7, 11) is 1.98. The molecule has 30 heavy (non-hydrogen) atoms. The molecule has 0 amide bonds. The van der Waals surface area contributed by atoms with Crippen LogP contribution in [0.15, 0.2) is 30.6 Å². The van der Waals surface area contributed by atoms with E-state index in [1.807, 2.05) is 30.1 Å². The van der Waals surface area contributed by atoms with Crippen LogP contribution in [0.5, 0.6) is 0 Å². The third kappa shape index (κ3) is 2.95. The van der Waals surface area contributed by atoms with Crippen molar-refractivity contribution in [3.63, 3.8) is 0 Å². The van der Waals surface area contributed by atoms with Gasteiger partial charge in [0.05, 0.1) is 30.6 Å². The predicted molar refractivity (Wildman–Crippen MR) is 116 cm³/mol. The van der Waals surface area contributed by atoms with E-state index in [1.54, 1.807) is 6.20 Å². The minimum absolute atomic E-state index is 0.250. The number of hydrogen-bond donors (Lipinski definition) is 1. The van der Waals surface area contributed by atoms with E-state index in [9.17, 15) is 0 Å². The first-order valence-electron chi connectivity index (χ1n) is 10.2. The Morgan fingerprint density at radius 3 is 2.77 bits per heavy atom. The Labute approximate surface area is 174 Å². The molecule has 1 fully saturated rings. The fourth-order valence-corrected chi connectivity index (χ4v) is 4.31. The molecule has 1 atom stereocenters. The Hall–Kier alpha value is -3.26. The summed E-state index contributed by atoms with van der Waals surface area (Å²) in [6.45, 7) is 8.54. The predicted octanol–water partition coefficient (Wildman–Crippen LogP) is 3.26. The van der Waals surface area contributed by atoms with Crippen LogP contribution in [0.25, 0.3) is 33.4 Å². The van der Waals surface area contributed by atoms with Gasteiger partial charge in [-0.1, -0.05) is 0 Å². The lowest BCUT2D eigenvalue weighted by molar-refractivity contribution is 0.0986. The zero-order valence-electron chi connectivity index (χ0n) is 17.7. The number of nitrogens with zero attached hydrogens (tertiary/aromatic N) is 6. The smallest absolute Gasteiger partial charge is 0.130 e. The molecule has 1 saturated heterocycles. The van der Waals surface area contributed by atoms with Crippen molar-refractivity contribution in [2.75, 3.05) is 24.7 Å². The van der Waals surface area contributed by atoms with Crippen molar-refractivity contribution in [2.24, 2.45) is 7.05 Å². The summed E-state index contributed by atoms with van der Waals surface area (Å²) in [5.74, 6) is 0.935. The third-order valence-electron chi connectivity index (χ3n) is 5.91. The maximum absolute atomic E-state index is 5.65. The molecule has 0 aromatic carbocycles. The van der Waals surface area contributed by atoms with Crippen molar-refractivity contribution in [3.8, 4) is 22.5 Å². The number of aryl methyl sites for hydroxylation is 2. The van der Waals surface area contributed by atoms with Crippen molar-refractivity contribution in [1.82, 2.24) is 29.9 Å². The van der Waals surface area contributed by atoms with Crippen molar-refractivity contribution in [1.29, 1.82) is 0 Å². The van der Waals surface area contributed by atoms with Crippen LogP contribution in [-0.2, 0) is 11.8 Å². The number of nitrogens with one attached hydrogen (secondary N) is 1. The van der Waals surface area contributed by atoms with Gasteiger partial charge in [-0.15, -0.1) is 0 Å². The quantitative estimate of drug-likeness (QED) is 0.565. The second kappa shape index (κ2) is 7.21. The molecule has 0 radical (unpaired) electrons. The average Bonchev–Trinajstić information content (AvgIpc) is 3.36. The molecule has 1 N–H and O–H groups in total. The SMILES string of the molecule is Cc1nn(C)c(C)c1-c1cc(N2CCOC[C@H]2C)nc2c(-c3ccn[nH]3)nccc12. The fraction of sp³-hybridized carbons (Fsp3) is 0.364. The van der Waals surface area contributed by atoms with Crippen LogP contribution in [0.2, 0.25) is 0 Å². The fourth-order valence-electron chi connectivity index (χ4n) is 4.31. The summed E-state index contributed by atoms with van der Waals surface area (Å²) in [5, 5.41) is 12.9. The Kier molecular flexibility index (Phi) is 4.51. The monoisotopic (exact) mass is 403 g/mol. The molecule has 0 aliphatic carbocycles. The lowest BCUT2D eigenvalue weighted by atomic mass is 9.98. The molecular weight excluding hydrogens is 378 g/mol. The van der Waals surface area contributed by atoms with Gasteiger partial charge in [-0.25, -0.2) is 4.98 Å². The first-order valence-corrected chi connectivity index (χ1v) is 10.2. The molecule has 5 rings (SSSR count). The highest BCUT2D eigenvalue weighted by molar-refractivity contribution is 6.02. The third-order valence-corrected chi connectivity index (χ3v) is 5.91. The highest BCUT2D eigenvalue weighted by atomic mass is 16.5. The van der Waals surface area contributed by atoms with Gasteiger partial charge in [0.1, 0.15) is 17.0 Å². The molecule has 0 bridgehead atoms. The first-order chi connectivity index (χ1) is 14.5. The van der Waals surface area contributed by atoms with Crippen molar-refractivity contribution >= 4 is 16.7 Å². The van der Waals surface area contributed by atoms with E-state index in [-0.39, 0.29) is 6.04 Å². The van der Waals surface area contributed by atoms with Gasteiger partial charge in [-0.3, -0.25) is 14.8 Å². The number of ether oxygens (including phenoxy) is 1. The lowest BCUT2D eigenvalue weighted by Gasteiger charge is -2.34. The van der Waals surface area contributed by atoms with Crippen LogP contribution in [0.1, 0.15) is 18.3 Å². The molecule has 4 aromatic heterocycles. The van der Waals surface area contributed by atoms with Crippen LogP contribution in [0.3, 0.4) is 0 Å². The zero-order chi connectivity index (χ0) is 20.8. The van der Waals surface area contributed by atoms with E-state index in [1.165, 1.54) is 0 Å². The van der Waals surface area contributed by atoms with Crippen molar-refractivity contribution in [3.05, 3.63) is 42.0 Å². The topological polar surface area (TPSA) is 84.8 Å². The molecule has 0 saturated carbocycles. The van der Waals surface area contributed by atoms with Crippen molar-refractivity contribution < 1.29 is 4.74 Å². The number of aromatic amines is 1. The molecule has 0 spiro atoms. The summed E-state index contributed by atoms with van der Waals surface area (Å²) < 4.78 is 7.59. The molecule has 5 heterocycles. The molecule has 8 heteroatoms. The summed E-state index contributed by atoms with van der Waals surface area (Å²) in [5.41, 5.74) is 6.91.